The Morgan fingerprint density at radius 2 is 1.77 bits per heavy atom. The van der Waals surface area contributed by atoms with Gasteiger partial charge < -0.3 is 80.8 Å². The van der Waals surface area contributed by atoms with Crippen LogP contribution in [-0.4, -0.2) is 191 Å². The third-order valence-electron chi connectivity index (χ3n) is 8.22. The van der Waals surface area contributed by atoms with E-state index in [0.717, 1.165) is 16.2 Å². The Hall–Kier alpha value is -3.57. The van der Waals surface area contributed by atoms with Gasteiger partial charge in [-0.1, -0.05) is 5.16 Å². The minimum absolute atomic E-state index is 0.165. The van der Waals surface area contributed by atoms with E-state index in [1.54, 1.807) is 0 Å². The molecule has 5 rings (SSSR count). The highest BCUT2D eigenvalue weighted by Crippen LogP contribution is 2.40. The highest BCUT2D eigenvalue weighted by molar-refractivity contribution is 8.00. The van der Waals surface area contributed by atoms with E-state index in [1.807, 2.05) is 0 Å². The number of thioether (sulfide) groups is 1. The van der Waals surface area contributed by atoms with Crippen LogP contribution in [0.1, 0.15) is 12.6 Å². The summed E-state index contributed by atoms with van der Waals surface area (Å²) < 4.78 is 20.3. The molecule has 0 aliphatic carbocycles. The fourth-order valence-corrected chi connectivity index (χ4v) is 7.39. The highest BCUT2D eigenvalue weighted by Gasteiger charge is 2.58. The third kappa shape index (κ3) is 8.72. The average molecular weight is 798 g/mol. The van der Waals surface area contributed by atoms with Crippen LogP contribution < -0.4 is 11.1 Å². The number of ether oxygens (including phenoxy) is 4. The zero-order chi connectivity index (χ0) is 39.4. The third-order valence-corrected chi connectivity index (χ3v) is 10.2. The van der Waals surface area contributed by atoms with E-state index < -0.39 is 110 Å². The summed E-state index contributed by atoms with van der Waals surface area (Å²) >= 11 is 2.35. The second-order valence-electron chi connectivity index (χ2n) is 11.7. The standard InChI is InChI=1S/C16H17N5O7S2.C12H22O11/c1-6(22)28-3-7-4-29-14-10(13(24)21(14)11(7)15(25)26)19-12(23)9(20-27-2)8-5-30-16(17)18-8;13-1-4-6(16)8(18)9(19)11(21-4)23-12(3-15)10(20)7(17)5(2-14)22-12/h5,10,14H,3-4H2,1-2H3,(H2,17,18)(H,19,23)(H,25,26);4-11,13-20H,1-3H2/b20-9+;/t10-,14-;4-,5-,6-,7-,8+,9-,10+,11-,12+/m11/s1. The maximum atomic E-state index is 12.7. The Morgan fingerprint density at radius 3 is 2.30 bits per heavy atom. The van der Waals surface area contributed by atoms with Crippen LogP contribution in [0.2, 0.25) is 0 Å². The predicted octanol–water partition coefficient (Wildman–Crippen LogP) is -6.02. The Labute approximate surface area is 307 Å². The first-order valence-corrected chi connectivity index (χ1v) is 17.4. The van der Waals surface area contributed by atoms with Gasteiger partial charge in [-0.15, -0.1) is 23.1 Å². The molecule has 0 aromatic carbocycles. The van der Waals surface area contributed by atoms with E-state index >= 15 is 0 Å². The molecule has 3 fully saturated rings. The normalized spacial score (nSPS) is 34.0. The molecule has 0 spiro atoms. The van der Waals surface area contributed by atoms with Gasteiger partial charge in [-0.2, -0.15) is 0 Å². The van der Waals surface area contributed by atoms with Gasteiger partial charge >= 0.3 is 11.9 Å². The molecule has 11 atom stereocenters. The van der Waals surface area contributed by atoms with E-state index in [1.165, 1.54) is 31.2 Å². The summed E-state index contributed by atoms with van der Waals surface area (Å²) in [4.78, 5) is 57.8. The van der Waals surface area contributed by atoms with Crippen molar-refractivity contribution >= 4 is 57.7 Å². The van der Waals surface area contributed by atoms with Crippen LogP contribution in [0.4, 0.5) is 5.13 Å². The van der Waals surface area contributed by atoms with Gasteiger partial charge in [-0.25, -0.2) is 9.78 Å². The van der Waals surface area contributed by atoms with Crippen LogP contribution in [0.5, 0.6) is 0 Å². The second kappa shape index (κ2) is 17.7. The minimum Gasteiger partial charge on any atom is -0.477 e. The van der Waals surface area contributed by atoms with Crippen molar-refractivity contribution < 1.29 is 88.9 Å². The number of nitrogen functional groups attached to an aromatic ring is 1. The van der Waals surface area contributed by atoms with Gasteiger partial charge in [-0.3, -0.25) is 19.3 Å². The molecule has 296 valence electrons. The summed E-state index contributed by atoms with van der Waals surface area (Å²) in [6.07, 6.45) is -12.7. The first-order chi connectivity index (χ1) is 25.0. The monoisotopic (exact) mass is 797 g/mol. The number of thiazole rings is 1. The molecule has 4 aliphatic rings. The van der Waals surface area contributed by atoms with Crippen LogP contribution in [0.3, 0.4) is 0 Å². The van der Waals surface area contributed by atoms with E-state index in [4.69, 9.17) is 34.9 Å². The van der Waals surface area contributed by atoms with E-state index in [0.29, 0.717) is 5.57 Å². The number of carbonyl (C=O) groups is 4. The van der Waals surface area contributed by atoms with Crippen molar-refractivity contribution in [2.45, 2.75) is 73.1 Å². The lowest BCUT2D eigenvalue weighted by Crippen LogP contribution is -2.71. The van der Waals surface area contributed by atoms with Crippen molar-refractivity contribution in [2.75, 3.05) is 45.0 Å². The van der Waals surface area contributed by atoms with Crippen LogP contribution in [0.15, 0.2) is 21.8 Å². The molecular weight excluding hydrogens is 758 g/mol. The molecule has 0 radical (unpaired) electrons. The number of nitrogens with two attached hydrogens (primary N) is 1. The molecule has 25 heteroatoms. The molecule has 3 saturated heterocycles. The highest BCUT2D eigenvalue weighted by atomic mass is 32.2. The largest absolute Gasteiger partial charge is 0.477 e. The maximum absolute atomic E-state index is 12.7. The number of aromatic nitrogens is 1. The van der Waals surface area contributed by atoms with Crippen LogP contribution in [0.25, 0.3) is 0 Å². The van der Waals surface area contributed by atoms with Crippen LogP contribution >= 0.6 is 23.1 Å². The molecule has 0 saturated carbocycles. The molecule has 1 aromatic rings. The Bertz CT molecular complexity index is 1580. The molecule has 5 heterocycles. The SMILES string of the molecule is CO/N=C(/C(=O)N[C@@H]1C(=O)N2C(C(=O)O)=C(COC(C)=O)CS[C@H]12)c1csc(N)n1.OC[C@H]1O[C@@](CO)(O[C@H]2O[C@H](CO)[C@@H](O)[C@H](O)[C@H]2O)[C@@H](O)[C@@H]1O. The van der Waals surface area contributed by atoms with Crippen molar-refractivity contribution in [2.24, 2.45) is 5.16 Å². The fraction of sp³-hybridized carbons (Fsp3) is 0.643. The van der Waals surface area contributed by atoms with E-state index in [2.05, 4.69) is 20.3 Å². The van der Waals surface area contributed by atoms with E-state index in [-0.39, 0.29) is 34.6 Å². The summed E-state index contributed by atoms with van der Waals surface area (Å²) in [5, 5.41) is 93.5. The number of rotatable bonds is 12. The number of oxime groups is 1. The number of carboxylic acid groups (broad SMARTS) is 1. The Kier molecular flexibility index (Phi) is 14.1. The lowest BCUT2D eigenvalue weighted by atomic mass is 9.99. The van der Waals surface area contributed by atoms with Crippen molar-refractivity contribution in [3.63, 3.8) is 0 Å². The topological polar surface area (TPSA) is 363 Å². The molecule has 0 unspecified atom stereocenters. The van der Waals surface area contributed by atoms with Crippen LogP contribution in [-0.2, 0) is 43.0 Å². The first kappa shape index (κ1) is 42.2. The second-order valence-corrected chi connectivity index (χ2v) is 13.6. The van der Waals surface area contributed by atoms with E-state index in [9.17, 15) is 54.9 Å². The van der Waals surface area contributed by atoms with Gasteiger partial charge in [0.2, 0.25) is 5.79 Å². The van der Waals surface area contributed by atoms with Gasteiger partial charge in [0.1, 0.15) is 85.9 Å². The van der Waals surface area contributed by atoms with Gasteiger partial charge in [-0.05, 0) is 0 Å². The Morgan fingerprint density at radius 1 is 1.09 bits per heavy atom. The number of nitrogens with zero attached hydrogens (tertiary/aromatic N) is 3. The first-order valence-electron chi connectivity index (χ1n) is 15.5. The molecule has 4 aliphatic heterocycles. The maximum Gasteiger partial charge on any atom is 0.352 e. The number of hydrogen-bond acceptors (Lipinski definition) is 22. The number of hydrogen-bond donors (Lipinski definition) is 11. The fourth-order valence-electron chi connectivity index (χ4n) is 5.52. The molecule has 2 amide bonds. The molecular formula is C28H39N5O18S2. The van der Waals surface area contributed by atoms with Gasteiger partial charge in [0, 0.05) is 23.6 Å². The number of aliphatic carboxylic acids is 1. The molecule has 1 aromatic heterocycles. The van der Waals surface area contributed by atoms with Crippen molar-refractivity contribution in [1.29, 1.82) is 0 Å². The van der Waals surface area contributed by atoms with Gasteiger partial charge in [0.25, 0.3) is 11.8 Å². The number of nitrogens with one attached hydrogen (secondary N) is 1. The quantitative estimate of drug-likeness (QED) is 0.0406. The smallest absolute Gasteiger partial charge is 0.352 e. The van der Waals surface area contributed by atoms with Gasteiger partial charge in [0.15, 0.2) is 17.1 Å². The summed E-state index contributed by atoms with van der Waals surface area (Å²) in [7, 11) is 1.25. The lowest BCUT2D eigenvalue weighted by molar-refractivity contribution is -0.383. The van der Waals surface area contributed by atoms with Crippen molar-refractivity contribution in [3.05, 3.63) is 22.3 Å². The molecule has 23 nitrogen and oxygen atoms in total. The Balaban J connectivity index is 0.000000245. The number of aliphatic hydroxyl groups is 8. The van der Waals surface area contributed by atoms with Gasteiger partial charge in [0.05, 0.1) is 13.2 Å². The zero-order valence-electron chi connectivity index (χ0n) is 27.8. The molecule has 12 N–H and O–H groups in total. The average Bonchev–Trinajstić information content (AvgIpc) is 3.67. The number of carboxylic acids is 1. The molecule has 0 bridgehead atoms. The number of fused-ring (bicyclic) bond motifs is 1. The number of aliphatic hydroxyl groups excluding tert-OH is 8. The number of β-lactam (4-membered cyclic amide) rings is 1. The number of anilines is 1. The van der Waals surface area contributed by atoms with Crippen molar-refractivity contribution in [1.82, 2.24) is 15.2 Å². The minimum atomic E-state index is -2.22. The summed E-state index contributed by atoms with van der Waals surface area (Å²) in [6.45, 7) is -1.35. The lowest BCUT2D eigenvalue weighted by Gasteiger charge is -2.49. The number of amides is 2. The number of esters is 1. The summed E-state index contributed by atoms with van der Waals surface area (Å²) in [5.74, 6) is -5.20. The van der Waals surface area contributed by atoms with Crippen LogP contribution in [0, 0.1) is 0 Å². The summed E-state index contributed by atoms with van der Waals surface area (Å²) in [6, 6.07) is -0.967. The van der Waals surface area contributed by atoms with Crippen molar-refractivity contribution in [3.8, 4) is 0 Å². The zero-order valence-corrected chi connectivity index (χ0v) is 29.5. The number of carbonyl (C=O) groups excluding carboxylic acids is 3. The molecule has 53 heavy (non-hydrogen) atoms. The summed E-state index contributed by atoms with van der Waals surface area (Å²) in [5.41, 5.74) is 5.67. The predicted molar refractivity (Wildman–Crippen MR) is 175 cm³/mol.